The minimum absolute atomic E-state index is 0.121. The molecule has 8 heteroatoms. The van der Waals surface area contributed by atoms with Gasteiger partial charge in [-0.1, -0.05) is 45.8 Å². The van der Waals surface area contributed by atoms with Gasteiger partial charge in [-0.05, 0) is 43.7 Å². The molecule has 0 aliphatic heterocycles. The summed E-state index contributed by atoms with van der Waals surface area (Å²) in [7, 11) is -2.31. The maximum atomic E-state index is 12.8. The highest BCUT2D eigenvalue weighted by atomic mass is 79.9. The Kier molecular flexibility index (Phi) is 7.41. The summed E-state index contributed by atoms with van der Waals surface area (Å²) in [5.41, 5.74) is 1.55. The first kappa shape index (κ1) is 21.4. The van der Waals surface area contributed by atoms with E-state index in [1.807, 2.05) is 6.92 Å². The number of nitrogens with one attached hydrogen (secondary N) is 1. The first-order chi connectivity index (χ1) is 12.8. The number of methoxy groups -OCH3 is 1. The predicted molar refractivity (Wildman–Crippen MR) is 107 cm³/mol. The quantitative estimate of drug-likeness (QED) is 0.487. The van der Waals surface area contributed by atoms with Gasteiger partial charge in [0.05, 0.1) is 24.7 Å². The third-order valence-corrected chi connectivity index (χ3v) is 6.25. The third-order valence-electron chi connectivity index (χ3n) is 3.89. The molecule has 146 valence electrons. The van der Waals surface area contributed by atoms with E-state index >= 15 is 0 Å². The maximum Gasteiger partial charge on any atom is 0.321 e. The van der Waals surface area contributed by atoms with E-state index in [4.69, 9.17) is 9.47 Å². The van der Waals surface area contributed by atoms with Gasteiger partial charge >= 0.3 is 5.97 Å². The van der Waals surface area contributed by atoms with Crippen LogP contribution in [0.5, 0.6) is 5.75 Å². The lowest BCUT2D eigenvalue weighted by Crippen LogP contribution is -2.38. The van der Waals surface area contributed by atoms with Crippen molar-refractivity contribution in [1.29, 1.82) is 0 Å². The van der Waals surface area contributed by atoms with Gasteiger partial charge in [-0.3, -0.25) is 4.79 Å². The lowest BCUT2D eigenvalue weighted by atomic mass is 10.0. The van der Waals surface area contributed by atoms with Crippen LogP contribution in [0.3, 0.4) is 0 Å². The molecule has 0 radical (unpaired) electrons. The Labute approximate surface area is 168 Å². The number of ether oxygens (including phenoxy) is 2. The van der Waals surface area contributed by atoms with Crippen molar-refractivity contribution in [3.8, 4) is 5.75 Å². The fraction of sp³-hybridized carbons (Fsp3) is 0.316. The van der Waals surface area contributed by atoms with E-state index in [1.165, 1.54) is 12.1 Å². The molecule has 0 bridgehead atoms. The third kappa shape index (κ3) is 5.54. The van der Waals surface area contributed by atoms with Crippen molar-refractivity contribution in [2.75, 3.05) is 13.7 Å². The van der Waals surface area contributed by atoms with E-state index in [0.717, 1.165) is 5.56 Å². The fourth-order valence-electron chi connectivity index (χ4n) is 2.42. The number of hydrogen-bond acceptors (Lipinski definition) is 5. The predicted octanol–water partition coefficient (Wildman–Crippen LogP) is 3.35. The van der Waals surface area contributed by atoms with Crippen molar-refractivity contribution >= 4 is 31.9 Å². The zero-order valence-electron chi connectivity index (χ0n) is 15.3. The van der Waals surface area contributed by atoms with Crippen LogP contribution >= 0.6 is 15.9 Å². The zero-order valence-corrected chi connectivity index (χ0v) is 17.7. The van der Waals surface area contributed by atoms with Gasteiger partial charge < -0.3 is 9.47 Å². The molecule has 6 nitrogen and oxygen atoms in total. The van der Waals surface area contributed by atoms with Crippen LogP contribution in [0.4, 0.5) is 0 Å². The molecule has 2 aromatic carbocycles. The van der Waals surface area contributed by atoms with Crippen LogP contribution in [-0.4, -0.2) is 32.9 Å². The number of sulfonamides is 1. The van der Waals surface area contributed by atoms with Gasteiger partial charge in [-0.25, -0.2) is 13.1 Å². The number of benzene rings is 2. The molecule has 0 heterocycles. The molecule has 27 heavy (non-hydrogen) atoms. The molecule has 0 saturated heterocycles. The Morgan fingerprint density at radius 3 is 2.22 bits per heavy atom. The van der Waals surface area contributed by atoms with Crippen LogP contribution in [0.2, 0.25) is 0 Å². The van der Waals surface area contributed by atoms with Crippen molar-refractivity contribution < 1.29 is 22.7 Å². The van der Waals surface area contributed by atoms with E-state index < -0.39 is 26.9 Å². The Balaban J connectivity index is 2.38. The Morgan fingerprint density at radius 1 is 1.11 bits per heavy atom. The van der Waals surface area contributed by atoms with Crippen LogP contribution in [0.1, 0.15) is 24.1 Å². The number of rotatable bonds is 8. The number of aryl methyl sites for hydroxylation is 1. The lowest BCUT2D eigenvalue weighted by Gasteiger charge is -2.23. The first-order valence-corrected chi connectivity index (χ1v) is 10.7. The highest BCUT2D eigenvalue weighted by Gasteiger charge is 2.32. The van der Waals surface area contributed by atoms with Crippen LogP contribution in [0, 0.1) is 6.92 Å². The van der Waals surface area contributed by atoms with E-state index in [9.17, 15) is 13.2 Å². The van der Waals surface area contributed by atoms with Gasteiger partial charge in [0.2, 0.25) is 10.0 Å². The second kappa shape index (κ2) is 9.34. The second-order valence-electron chi connectivity index (χ2n) is 5.84. The topological polar surface area (TPSA) is 81.7 Å². The molecule has 0 spiro atoms. The molecule has 0 aliphatic rings. The van der Waals surface area contributed by atoms with E-state index in [1.54, 1.807) is 50.4 Å². The lowest BCUT2D eigenvalue weighted by molar-refractivity contribution is -0.142. The number of halogens is 1. The van der Waals surface area contributed by atoms with Crippen LogP contribution in [0.15, 0.2) is 53.4 Å². The van der Waals surface area contributed by atoms with E-state index in [-0.39, 0.29) is 11.5 Å². The zero-order chi connectivity index (χ0) is 20.0. The molecule has 2 rings (SSSR count). The fourth-order valence-corrected chi connectivity index (χ4v) is 4.40. The van der Waals surface area contributed by atoms with Crippen molar-refractivity contribution in [2.24, 2.45) is 0 Å². The Bertz CT molecular complexity index is 866. The summed E-state index contributed by atoms with van der Waals surface area (Å²) in [6.45, 7) is 3.76. The minimum Gasteiger partial charge on any atom is -0.497 e. The van der Waals surface area contributed by atoms with Gasteiger partial charge in [0.25, 0.3) is 0 Å². The Hall–Kier alpha value is -1.90. The molecule has 0 unspecified atom stereocenters. The second-order valence-corrected chi connectivity index (χ2v) is 8.54. The van der Waals surface area contributed by atoms with Gasteiger partial charge in [0.1, 0.15) is 10.6 Å². The van der Waals surface area contributed by atoms with E-state index in [2.05, 4.69) is 20.7 Å². The van der Waals surface area contributed by atoms with Gasteiger partial charge in [-0.15, -0.1) is 0 Å². The van der Waals surface area contributed by atoms with Crippen LogP contribution in [0.25, 0.3) is 0 Å². The summed E-state index contributed by atoms with van der Waals surface area (Å²) in [5, 5.41) is 0. The number of hydrogen-bond donors (Lipinski definition) is 1. The smallest absolute Gasteiger partial charge is 0.321 e. The van der Waals surface area contributed by atoms with Crippen LogP contribution < -0.4 is 9.46 Å². The van der Waals surface area contributed by atoms with Crippen molar-refractivity contribution in [3.05, 3.63) is 59.7 Å². The number of carbonyl (C=O) groups is 1. The number of carbonyl (C=O) groups excluding carboxylic acids is 1. The number of alkyl halides is 1. The van der Waals surface area contributed by atoms with Crippen molar-refractivity contribution in [1.82, 2.24) is 4.72 Å². The Morgan fingerprint density at radius 2 is 1.70 bits per heavy atom. The molecule has 0 aliphatic carbocycles. The van der Waals surface area contributed by atoms with Gasteiger partial charge in [0, 0.05) is 0 Å². The molecule has 0 saturated carbocycles. The summed E-state index contributed by atoms with van der Waals surface area (Å²) in [6, 6.07) is 12.4. The minimum atomic E-state index is -3.85. The maximum absolute atomic E-state index is 12.8. The van der Waals surface area contributed by atoms with Crippen molar-refractivity contribution in [3.63, 3.8) is 0 Å². The molecule has 1 N–H and O–H groups in total. The SMILES string of the molecule is CCOC(=O)[C@H](Br)[C@H](NS(=O)(=O)c1ccc(C)cc1)c1ccc(OC)cc1. The normalized spacial score (nSPS) is 13.6. The van der Waals surface area contributed by atoms with E-state index in [0.29, 0.717) is 11.3 Å². The van der Waals surface area contributed by atoms with Crippen LogP contribution in [-0.2, 0) is 19.6 Å². The molecular formula is C19H22BrNO5S. The summed E-state index contributed by atoms with van der Waals surface area (Å²) in [5.74, 6) is 0.0751. The average Bonchev–Trinajstić information content (AvgIpc) is 2.66. The van der Waals surface area contributed by atoms with Gasteiger partial charge in [0.15, 0.2) is 0 Å². The standard InChI is InChI=1S/C19H22BrNO5S/c1-4-26-19(22)17(20)18(14-7-9-15(25-3)10-8-14)21-27(23,24)16-11-5-13(2)6-12-16/h5-12,17-18,21H,4H2,1-3H3/t17-,18-/m1/s1. The summed E-state index contributed by atoms with van der Waals surface area (Å²) < 4.78 is 38.4. The average molecular weight is 456 g/mol. The number of esters is 1. The molecule has 0 amide bonds. The molecule has 2 atom stereocenters. The first-order valence-electron chi connectivity index (χ1n) is 8.32. The summed E-state index contributed by atoms with van der Waals surface area (Å²) in [4.78, 5) is 11.4. The largest absolute Gasteiger partial charge is 0.497 e. The molecule has 2 aromatic rings. The molecule has 0 aromatic heterocycles. The summed E-state index contributed by atoms with van der Waals surface area (Å²) >= 11 is 3.29. The monoisotopic (exact) mass is 455 g/mol. The van der Waals surface area contributed by atoms with Crippen molar-refractivity contribution in [2.45, 2.75) is 29.6 Å². The highest BCUT2D eigenvalue weighted by molar-refractivity contribution is 9.10. The molecule has 0 fully saturated rings. The highest BCUT2D eigenvalue weighted by Crippen LogP contribution is 2.28. The summed E-state index contributed by atoms with van der Waals surface area (Å²) in [6.07, 6.45) is 0. The van der Waals surface area contributed by atoms with Gasteiger partial charge in [-0.2, -0.15) is 0 Å². The molecular weight excluding hydrogens is 434 g/mol.